The summed E-state index contributed by atoms with van der Waals surface area (Å²) < 4.78 is 0. The van der Waals surface area contributed by atoms with Crippen molar-refractivity contribution in [2.75, 3.05) is 78.5 Å². The number of rotatable bonds is 5. The lowest BCUT2D eigenvalue weighted by Crippen LogP contribution is -2.64. The van der Waals surface area contributed by atoms with Gasteiger partial charge in [0.2, 0.25) is 0 Å². The number of hydrogen-bond donors (Lipinski definition) is 7. The summed E-state index contributed by atoms with van der Waals surface area (Å²) in [6.45, 7) is 17.2. The molecular weight excluding hydrogens is 398 g/mol. The SMILES string of the molecule is CCCC12CNCCNCC(NCc3ccc(C)cc3)(CNCCNC1)CNCCNC2. The quantitative estimate of drug-likeness (QED) is 0.348. The van der Waals surface area contributed by atoms with Crippen molar-refractivity contribution in [1.82, 2.24) is 37.2 Å². The maximum absolute atomic E-state index is 3.91. The zero-order chi connectivity index (χ0) is 22.5. The van der Waals surface area contributed by atoms with Gasteiger partial charge in [-0.1, -0.05) is 43.2 Å². The molecule has 3 aliphatic rings. The molecule has 3 fully saturated rings. The maximum atomic E-state index is 3.91. The van der Waals surface area contributed by atoms with Gasteiger partial charge in [0.25, 0.3) is 0 Å². The molecule has 3 saturated heterocycles. The van der Waals surface area contributed by atoms with Crippen LogP contribution in [0.2, 0.25) is 0 Å². The molecule has 0 saturated carbocycles. The molecule has 3 aliphatic heterocycles. The molecule has 7 heteroatoms. The lowest BCUT2D eigenvalue weighted by Gasteiger charge is -2.38. The van der Waals surface area contributed by atoms with Crippen LogP contribution in [0.25, 0.3) is 0 Å². The van der Waals surface area contributed by atoms with Gasteiger partial charge >= 0.3 is 0 Å². The number of fused-ring (bicyclic) bond motifs is 15. The largest absolute Gasteiger partial charge is 0.315 e. The van der Waals surface area contributed by atoms with Gasteiger partial charge in [-0.3, -0.25) is 0 Å². The van der Waals surface area contributed by atoms with Crippen molar-refractivity contribution in [3.63, 3.8) is 0 Å². The number of hydrogen-bond acceptors (Lipinski definition) is 7. The standard InChI is InChI=1S/C25H47N7/c1-3-8-24-16-26-9-12-29-19-25(20-30-13-10-27-17-24,21-31-14-11-28-18-24)32-15-23-6-4-22(2)5-7-23/h4-7,26-32H,3,8-21H2,1-2H3. The highest BCUT2D eigenvalue weighted by molar-refractivity contribution is 5.21. The van der Waals surface area contributed by atoms with Crippen LogP contribution in [0, 0.1) is 12.3 Å². The molecule has 3 heterocycles. The molecule has 0 radical (unpaired) electrons. The van der Waals surface area contributed by atoms with Crippen LogP contribution in [0.15, 0.2) is 24.3 Å². The van der Waals surface area contributed by atoms with E-state index in [-0.39, 0.29) is 11.0 Å². The van der Waals surface area contributed by atoms with Gasteiger partial charge in [0.1, 0.15) is 0 Å². The molecule has 182 valence electrons. The van der Waals surface area contributed by atoms with E-state index in [1.807, 2.05) is 0 Å². The van der Waals surface area contributed by atoms with Gasteiger partial charge < -0.3 is 37.2 Å². The summed E-state index contributed by atoms with van der Waals surface area (Å²) in [6.07, 6.45) is 2.45. The second-order valence-corrected chi connectivity index (χ2v) is 9.93. The first-order valence-electron chi connectivity index (χ1n) is 12.7. The Morgan fingerprint density at radius 1 is 0.688 bits per heavy atom. The minimum Gasteiger partial charge on any atom is -0.315 e. The second kappa shape index (κ2) is 13.6. The van der Waals surface area contributed by atoms with E-state index in [0.29, 0.717) is 0 Å². The first kappa shape index (κ1) is 25.6. The fourth-order valence-corrected chi connectivity index (χ4v) is 4.93. The van der Waals surface area contributed by atoms with E-state index >= 15 is 0 Å². The first-order chi connectivity index (χ1) is 15.7. The van der Waals surface area contributed by atoms with Crippen molar-refractivity contribution in [3.05, 3.63) is 35.4 Å². The number of benzene rings is 1. The Balaban J connectivity index is 1.71. The van der Waals surface area contributed by atoms with Crippen LogP contribution in [0.4, 0.5) is 0 Å². The van der Waals surface area contributed by atoms with Crippen LogP contribution in [0.1, 0.15) is 30.9 Å². The summed E-state index contributed by atoms with van der Waals surface area (Å²) in [6, 6.07) is 8.87. The molecule has 0 amide bonds. The van der Waals surface area contributed by atoms with Crippen LogP contribution in [-0.2, 0) is 6.54 Å². The number of nitrogens with one attached hydrogen (secondary N) is 7. The minimum atomic E-state index is -0.0505. The van der Waals surface area contributed by atoms with Crippen molar-refractivity contribution in [3.8, 4) is 0 Å². The van der Waals surface area contributed by atoms with Crippen molar-refractivity contribution >= 4 is 0 Å². The van der Waals surface area contributed by atoms with Crippen LogP contribution >= 0.6 is 0 Å². The molecule has 4 rings (SSSR count). The zero-order valence-electron chi connectivity index (χ0n) is 20.4. The summed E-state index contributed by atoms with van der Waals surface area (Å²) in [4.78, 5) is 0. The van der Waals surface area contributed by atoms with Crippen molar-refractivity contribution in [2.24, 2.45) is 5.41 Å². The minimum absolute atomic E-state index is 0.0505. The number of aryl methyl sites for hydroxylation is 1. The molecule has 32 heavy (non-hydrogen) atoms. The third-order valence-electron chi connectivity index (χ3n) is 6.89. The smallest absolute Gasteiger partial charge is 0.0561 e. The maximum Gasteiger partial charge on any atom is 0.0561 e. The highest BCUT2D eigenvalue weighted by atomic mass is 15.1. The van der Waals surface area contributed by atoms with Gasteiger partial charge in [0.15, 0.2) is 0 Å². The van der Waals surface area contributed by atoms with Crippen LogP contribution < -0.4 is 37.2 Å². The van der Waals surface area contributed by atoms with Crippen LogP contribution in [0.3, 0.4) is 0 Å². The summed E-state index contributed by atoms with van der Waals surface area (Å²) >= 11 is 0. The van der Waals surface area contributed by atoms with Gasteiger partial charge in [0.05, 0.1) is 5.54 Å². The van der Waals surface area contributed by atoms with E-state index in [1.165, 1.54) is 24.0 Å². The highest BCUT2D eigenvalue weighted by Gasteiger charge is 2.31. The Kier molecular flexibility index (Phi) is 10.9. The third-order valence-corrected chi connectivity index (χ3v) is 6.89. The van der Waals surface area contributed by atoms with E-state index in [1.54, 1.807) is 0 Å². The van der Waals surface area contributed by atoms with Crippen LogP contribution in [0.5, 0.6) is 0 Å². The van der Waals surface area contributed by atoms with E-state index in [9.17, 15) is 0 Å². The molecule has 7 N–H and O–H groups in total. The van der Waals surface area contributed by atoms with E-state index in [0.717, 1.165) is 85.1 Å². The van der Waals surface area contributed by atoms with Crippen molar-refractivity contribution < 1.29 is 0 Å². The Bertz CT molecular complexity index is 590. The lowest BCUT2D eigenvalue weighted by molar-refractivity contribution is 0.217. The van der Waals surface area contributed by atoms with E-state index < -0.39 is 0 Å². The van der Waals surface area contributed by atoms with E-state index in [4.69, 9.17) is 0 Å². The molecule has 1 aromatic carbocycles. The summed E-state index contributed by atoms with van der Waals surface area (Å²) in [5, 5.41) is 26.4. The summed E-state index contributed by atoms with van der Waals surface area (Å²) in [7, 11) is 0. The van der Waals surface area contributed by atoms with Gasteiger partial charge in [-0.15, -0.1) is 0 Å². The van der Waals surface area contributed by atoms with Crippen molar-refractivity contribution in [1.29, 1.82) is 0 Å². The predicted molar refractivity (Wildman–Crippen MR) is 135 cm³/mol. The van der Waals surface area contributed by atoms with Crippen molar-refractivity contribution in [2.45, 2.75) is 38.8 Å². The van der Waals surface area contributed by atoms with Gasteiger partial charge in [-0.2, -0.15) is 0 Å². The molecule has 0 atom stereocenters. The average molecular weight is 446 g/mol. The Hall–Kier alpha value is -1.06. The summed E-state index contributed by atoms with van der Waals surface area (Å²) in [5.74, 6) is 0. The average Bonchev–Trinajstić information content (AvgIpc) is 2.80. The monoisotopic (exact) mass is 445 g/mol. The van der Waals surface area contributed by atoms with Crippen LogP contribution in [-0.4, -0.2) is 84.1 Å². The zero-order valence-corrected chi connectivity index (χ0v) is 20.4. The normalized spacial score (nSPS) is 29.3. The third kappa shape index (κ3) is 8.37. The van der Waals surface area contributed by atoms with E-state index in [2.05, 4.69) is 75.3 Å². The highest BCUT2D eigenvalue weighted by Crippen LogP contribution is 2.22. The molecule has 7 nitrogen and oxygen atoms in total. The Morgan fingerprint density at radius 2 is 1.12 bits per heavy atom. The molecular formula is C25H47N7. The Labute approximate surface area is 195 Å². The van der Waals surface area contributed by atoms with Gasteiger partial charge in [-0.05, 0) is 18.9 Å². The fourth-order valence-electron chi connectivity index (χ4n) is 4.93. The molecule has 0 unspecified atom stereocenters. The first-order valence-corrected chi connectivity index (χ1v) is 12.7. The van der Waals surface area contributed by atoms with Gasteiger partial charge in [-0.25, -0.2) is 0 Å². The molecule has 0 aliphatic carbocycles. The molecule has 2 bridgehead atoms. The second-order valence-electron chi connectivity index (χ2n) is 9.93. The molecule has 0 aromatic heterocycles. The predicted octanol–water partition coefficient (Wildman–Crippen LogP) is 0.175. The topological polar surface area (TPSA) is 84.2 Å². The Morgan fingerprint density at radius 3 is 1.56 bits per heavy atom. The summed E-state index contributed by atoms with van der Waals surface area (Å²) in [5.41, 5.74) is 2.86. The molecule has 1 aromatic rings. The fraction of sp³-hybridized carbons (Fsp3) is 0.760. The molecule has 0 spiro atoms. The van der Waals surface area contributed by atoms with Gasteiger partial charge in [0, 0.05) is 90.5 Å². The lowest BCUT2D eigenvalue weighted by atomic mass is 9.82.